The van der Waals surface area contributed by atoms with Gasteiger partial charge in [-0.25, -0.2) is 0 Å². The van der Waals surface area contributed by atoms with Gasteiger partial charge in [-0.15, -0.1) is 0 Å². The maximum atomic E-state index is 9.09. The van der Waals surface area contributed by atoms with Crippen LogP contribution >= 0.6 is 50.3 Å². The van der Waals surface area contributed by atoms with E-state index >= 15 is 0 Å². The van der Waals surface area contributed by atoms with Crippen LogP contribution in [-0.4, -0.2) is 0 Å². The van der Waals surface area contributed by atoms with Gasteiger partial charge < -0.3 is 0 Å². The van der Waals surface area contributed by atoms with Crippen molar-refractivity contribution in [3.05, 3.63) is 56.1 Å². The van der Waals surface area contributed by atoms with Gasteiger partial charge in [-0.05, 0) is 65.1 Å². The van der Waals surface area contributed by atoms with Crippen LogP contribution in [0.4, 0.5) is 0 Å². The van der Waals surface area contributed by atoms with Crippen LogP contribution in [0.3, 0.4) is 0 Å². The Morgan fingerprint density at radius 1 is 1.12 bits per heavy atom. The van der Waals surface area contributed by atoms with E-state index < -0.39 is 0 Å². The Kier molecular flexibility index (Phi) is 4.48. The largest absolute Gasteiger partial charge is 0.192 e. The molecule has 0 bridgehead atoms. The predicted molar refractivity (Wildman–Crippen MR) is 82.1 cm³/mol. The first-order valence-electron chi connectivity index (χ1n) is 4.82. The van der Waals surface area contributed by atoms with E-state index in [0.29, 0.717) is 0 Å². The van der Waals surface area contributed by atoms with Gasteiger partial charge in [-0.3, -0.25) is 0 Å². The van der Waals surface area contributed by atoms with E-state index in [1.165, 1.54) is 0 Å². The molecule has 0 heterocycles. The smallest absolute Gasteiger partial charge is 0.100 e. The molecule has 0 saturated carbocycles. The highest BCUT2D eigenvalue weighted by Gasteiger charge is 2.04. The summed E-state index contributed by atoms with van der Waals surface area (Å²) in [6, 6.07) is 16.2. The lowest BCUT2D eigenvalue weighted by Gasteiger charge is -2.04. The van der Waals surface area contributed by atoms with Gasteiger partial charge in [0.1, 0.15) is 6.07 Å². The van der Waals surface area contributed by atoms with E-state index in [1.54, 1.807) is 11.8 Å². The maximum absolute atomic E-state index is 9.09. The van der Waals surface area contributed by atoms with Crippen molar-refractivity contribution in [3.8, 4) is 6.07 Å². The third-order valence-corrected chi connectivity index (χ3v) is 4.39. The first-order valence-corrected chi connectivity index (χ1v) is 7.51. The summed E-state index contributed by atoms with van der Waals surface area (Å²) < 4.78 is 2.14. The van der Waals surface area contributed by atoms with Crippen molar-refractivity contribution in [1.29, 1.82) is 5.26 Å². The van der Waals surface area contributed by atoms with Gasteiger partial charge in [0.05, 0.1) is 5.56 Å². The summed E-state index contributed by atoms with van der Waals surface area (Å²) >= 11 is 7.23. The summed E-state index contributed by atoms with van der Waals surface area (Å²) in [6.45, 7) is 0. The fraction of sp³-hybridized carbons (Fsp3) is 0. The number of benzene rings is 2. The van der Waals surface area contributed by atoms with Gasteiger partial charge in [0.2, 0.25) is 0 Å². The SMILES string of the molecule is N#Cc1cc(I)ccc1Sc1ccc(Br)cc1. The second-order valence-corrected chi connectivity index (χ2v) is 6.58. The highest BCUT2D eigenvalue weighted by atomic mass is 127. The number of nitrogens with zero attached hydrogens (tertiary/aromatic N) is 1. The first kappa shape index (κ1) is 12.9. The first-order chi connectivity index (χ1) is 8.19. The highest BCUT2D eigenvalue weighted by molar-refractivity contribution is 14.1. The molecule has 0 atom stereocenters. The molecule has 0 aliphatic heterocycles. The lowest BCUT2D eigenvalue weighted by molar-refractivity contribution is 1.34. The Labute approximate surface area is 126 Å². The topological polar surface area (TPSA) is 23.8 Å². The highest BCUT2D eigenvalue weighted by Crippen LogP contribution is 2.31. The van der Waals surface area contributed by atoms with E-state index in [4.69, 9.17) is 5.26 Å². The Morgan fingerprint density at radius 3 is 2.47 bits per heavy atom. The standard InChI is InChI=1S/C13H7BrINS/c14-10-1-4-12(5-2-10)17-13-6-3-11(15)7-9(13)8-16/h1-7H. The van der Waals surface area contributed by atoms with Gasteiger partial charge in [0, 0.05) is 17.8 Å². The van der Waals surface area contributed by atoms with E-state index in [9.17, 15) is 0 Å². The zero-order valence-electron chi connectivity index (χ0n) is 8.65. The van der Waals surface area contributed by atoms with Crippen LogP contribution in [-0.2, 0) is 0 Å². The maximum Gasteiger partial charge on any atom is 0.100 e. The van der Waals surface area contributed by atoms with E-state index in [1.807, 2.05) is 42.5 Å². The van der Waals surface area contributed by atoms with Crippen LogP contribution in [0.15, 0.2) is 56.7 Å². The molecule has 0 unspecified atom stereocenters. The van der Waals surface area contributed by atoms with Gasteiger partial charge in [-0.2, -0.15) is 5.26 Å². The third kappa shape index (κ3) is 3.47. The average Bonchev–Trinajstić information content (AvgIpc) is 2.34. The van der Waals surface area contributed by atoms with Crippen LogP contribution in [0, 0.1) is 14.9 Å². The van der Waals surface area contributed by atoms with E-state index in [-0.39, 0.29) is 0 Å². The molecule has 2 aromatic carbocycles. The van der Waals surface area contributed by atoms with Crippen LogP contribution in [0.5, 0.6) is 0 Å². The second-order valence-electron chi connectivity index (χ2n) is 3.31. The molecule has 0 amide bonds. The minimum Gasteiger partial charge on any atom is -0.192 e. The lowest BCUT2D eigenvalue weighted by Crippen LogP contribution is -1.83. The molecule has 0 radical (unpaired) electrons. The molecule has 17 heavy (non-hydrogen) atoms. The summed E-state index contributed by atoms with van der Waals surface area (Å²) in [4.78, 5) is 2.13. The van der Waals surface area contributed by atoms with Crippen molar-refractivity contribution in [1.82, 2.24) is 0 Å². The molecule has 0 saturated heterocycles. The summed E-state index contributed by atoms with van der Waals surface area (Å²) in [5, 5.41) is 9.09. The quantitative estimate of drug-likeness (QED) is 0.639. The van der Waals surface area contributed by atoms with Crippen LogP contribution < -0.4 is 0 Å². The zero-order chi connectivity index (χ0) is 12.3. The zero-order valence-corrected chi connectivity index (χ0v) is 13.2. The second kappa shape index (κ2) is 5.89. The van der Waals surface area contributed by atoms with Gasteiger partial charge in [0.15, 0.2) is 0 Å². The number of hydrogen-bond acceptors (Lipinski definition) is 2. The van der Waals surface area contributed by atoms with Crippen LogP contribution in [0.1, 0.15) is 5.56 Å². The predicted octanol–water partition coefficient (Wildman–Crippen LogP) is 5.08. The Morgan fingerprint density at radius 2 is 1.82 bits per heavy atom. The Hall–Kier alpha value is -0.510. The number of hydrogen-bond donors (Lipinski definition) is 0. The molecular weight excluding hydrogens is 409 g/mol. The van der Waals surface area contributed by atoms with Crippen LogP contribution in [0.2, 0.25) is 0 Å². The molecule has 2 aromatic rings. The van der Waals surface area contributed by atoms with E-state index in [0.717, 1.165) is 23.4 Å². The van der Waals surface area contributed by atoms with Gasteiger partial charge >= 0.3 is 0 Å². The minimum absolute atomic E-state index is 0.727. The fourth-order valence-corrected chi connectivity index (χ4v) is 2.94. The number of rotatable bonds is 2. The monoisotopic (exact) mass is 415 g/mol. The van der Waals surface area contributed by atoms with Crippen molar-refractivity contribution in [3.63, 3.8) is 0 Å². The van der Waals surface area contributed by atoms with Crippen molar-refractivity contribution in [2.75, 3.05) is 0 Å². The summed E-state index contributed by atoms with van der Waals surface area (Å²) in [7, 11) is 0. The van der Waals surface area contributed by atoms with Crippen molar-refractivity contribution in [2.24, 2.45) is 0 Å². The lowest BCUT2D eigenvalue weighted by atomic mass is 10.2. The molecule has 84 valence electrons. The molecular formula is C13H7BrINS. The normalized spacial score (nSPS) is 9.94. The fourth-order valence-electron chi connectivity index (χ4n) is 1.31. The summed E-state index contributed by atoms with van der Waals surface area (Å²) in [5.41, 5.74) is 0.727. The molecule has 0 aromatic heterocycles. The summed E-state index contributed by atoms with van der Waals surface area (Å²) in [5.74, 6) is 0. The molecule has 4 heteroatoms. The average molecular weight is 416 g/mol. The number of halogens is 2. The van der Waals surface area contributed by atoms with Crippen molar-refractivity contribution in [2.45, 2.75) is 9.79 Å². The minimum atomic E-state index is 0.727. The third-order valence-electron chi connectivity index (χ3n) is 2.10. The van der Waals surface area contributed by atoms with Crippen LogP contribution in [0.25, 0.3) is 0 Å². The molecule has 1 nitrogen and oxygen atoms in total. The molecule has 0 aliphatic carbocycles. The molecule has 2 rings (SSSR count). The van der Waals surface area contributed by atoms with Crippen molar-refractivity contribution < 1.29 is 0 Å². The Bertz CT molecular complexity index is 575. The van der Waals surface area contributed by atoms with Gasteiger partial charge in [0.25, 0.3) is 0 Å². The molecule has 0 N–H and O–H groups in total. The summed E-state index contributed by atoms with van der Waals surface area (Å²) in [6.07, 6.45) is 0. The van der Waals surface area contributed by atoms with E-state index in [2.05, 4.69) is 44.6 Å². The van der Waals surface area contributed by atoms with Crippen molar-refractivity contribution >= 4 is 50.3 Å². The Balaban J connectivity index is 2.30. The molecule has 0 spiro atoms. The van der Waals surface area contributed by atoms with Gasteiger partial charge in [-0.1, -0.05) is 27.7 Å². The molecule has 0 fully saturated rings. The number of nitriles is 1. The molecule has 0 aliphatic rings.